The second kappa shape index (κ2) is 6.47. The summed E-state index contributed by atoms with van der Waals surface area (Å²) in [6, 6.07) is 3.76. The molecule has 0 aliphatic heterocycles. The molecule has 0 bridgehead atoms. The lowest BCUT2D eigenvalue weighted by Gasteiger charge is -2.17. The molecule has 2 N–H and O–H groups in total. The van der Waals surface area contributed by atoms with E-state index in [0.29, 0.717) is 31.5 Å². The average Bonchev–Trinajstić information content (AvgIpc) is 2.84. The van der Waals surface area contributed by atoms with E-state index in [2.05, 4.69) is 15.0 Å². The Balaban J connectivity index is 1.86. The Bertz CT molecular complexity index is 546. The summed E-state index contributed by atoms with van der Waals surface area (Å²) in [5.41, 5.74) is 1.56. The minimum atomic E-state index is -0.383. The largest absolute Gasteiger partial charge is 0.393 e. The minimum absolute atomic E-state index is 0.0547. The van der Waals surface area contributed by atoms with E-state index in [1.54, 1.807) is 25.1 Å². The van der Waals surface area contributed by atoms with Crippen LogP contribution in [0.4, 0.5) is 0 Å². The first-order valence-corrected chi connectivity index (χ1v) is 6.78. The summed E-state index contributed by atoms with van der Waals surface area (Å²) >= 11 is 0. The van der Waals surface area contributed by atoms with Crippen LogP contribution >= 0.6 is 0 Å². The number of aromatic amines is 1. The minimum Gasteiger partial charge on any atom is -0.393 e. The molecular weight excluding hydrogens is 256 g/mol. The van der Waals surface area contributed by atoms with Gasteiger partial charge in [-0.1, -0.05) is 0 Å². The second-order valence-corrected chi connectivity index (χ2v) is 5.01. The molecule has 1 atom stereocenters. The number of aryl methyl sites for hydroxylation is 1. The molecule has 2 aromatic heterocycles. The fraction of sp³-hybridized carbons (Fsp3) is 0.500. The number of aliphatic hydroxyl groups excluding tert-OH is 1. The molecule has 2 aromatic rings. The van der Waals surface area contributed by atoms with Crippen molar-refractivity contribution >= 4 is 17.1 Å². The number of fused-ring (bicyclic) bond motifs is 1. The highest BCUT2D eigenvalue weighted by Gasteiger charge is 2.11. The van der Waals surface area contributed by atoms with Gasteiger partial charge in [-0.15, -0.1) is 0 Å². The molecule has 6 nitrogen and oxygen atoms in total. The van der Waals surface area contributed by atoms with Gasteiger partial charge >= 0.3 is 0 Å². The number of nitrogens with one attached hydrogen (secondary N) is 1. The van der Waals surface area contributed by atoms with Gasteiger partial charge in [0.1, 0.15) is 5.82 Å². The van der Waals surface area contributed by atoms with Gasteiger partial charge < -0.3 is 15.0 Å². The zero-order valence-corrected chi connectivity index (χ0v) is 11.8. The highest BCUT2D eigenvalue weighted by molar-refractivity contribution is 5.76. The van der Waals surface area contributed by atoms with E-state index in [0.717, 1.165) is 11.3 Å². The number of imidazole rings is 1. The van der Waals surface area contributed by atoms with Crippen LogP contribution < -0.4 is 0 Å². The number of pyridine rings is 1. The standard InChI is InChI=1S/C14H20N4O2/c1-10(19)7-9-18(2)13(20)6-5-12-16-11-4-3-8-15-14(11)17-12/h3-4,8,10,19H,5-7,9H2,1-2H3,(H,15,16,17). The number of hydrogen-bond acceptors (Lipinski definition) is 4. The predicted molar refractivity (Wildman–Crippen MR) is 76.1 cm³/mol. The third kappa shape index (κ3) is 3.77. The van der Waals surface area contributed by atoms with Crippen LogP contribution in [0, 0.1) is 0 Å². The van der Waals surface area contributed by atoms with E-state index in [9.17, 15) is 9.90 Å². The molecule has 20 heavy (non-hydrogen) atoms. The van der Waals surface area contributed by atoms with Crippen LogP contribution in [0.25, 0.3) is 11.2 Å². The Hall–Kier alpha value is -1.95. The molecule has 0 saturated carbocycles. The summed E-state index contributed by atoms with van der Waals surface area (Å²) in [5.74, 6) is 0.829. The van der Waals surface area contributed by atoms with Gasteiger partial charge in [0.2, 0.25) is 5.91 Å². The van der Waals surface area contributed by atoms with Crippen molar-refractivity contribution in [3.05, 3.63) is 24.2 Å². The van der Waals surface area contributed by atoms with Gasteiger partial charge in [0.25, 0.3) is 0 Å². The number of rotatable bonds is 6. The third-order valence-corrected chi connectivity index (χ3v) is 3.19. The summed E-state index contributed by atoms with van der Waals surface area (Å²) in [5, 5.41) is 9.21. The van der Waals surface area contributed by atoms with Crippen molar-refractivity contribution in [3.8, 4) is 0 Å². The zero-order valence-electron chi connectivity index (χ0n) is 11.8. The lowest BCUT2D eigenvalue weighted by Crippen LogP contribution is -2.29. The van der Waals surface area contributed by atoms with Crippen LogP contribution in [0.2, 0.25) is 0 Å². The van der Waals surface area contributed by atoms with Crippen LogP contribution in [0.1, 0.15) is 25.6 Å². The molecule has 0 aromatic carbocycles. The average molecular weight is 276 g/mol. The summed E-state index contributed by atoms with van der Waals surface area (Å²) in [6.07, 6.45) is 2.87. The number of aromatic nitrogens is 3. The van der Waals surface area contributed by atoms with Crippen molar-refractivity contribution in [2.24, 2.45) is 0 Å². The van der Waals surface area contributed by atoms with Crippen LogP contribution in [0.3, 0.4) is 0 Å². The maximum atomic E-state index is 11.9. The molecule has 0 saturated heterocycles. The Labute approximate surface area is 117 Å². The van der Waals surface area contributed by atoms with Crippen LogP contribution in [0.5, 0.6) is 0 Å². The van der Waals surface area contributed by atoms with Crippen LogP contribution in [-0.2, 0) is 11.2 Å². The van der Waals surface area contributed by atoms with Crippen molar-refractivity contribution in [1.29, 1.82) is 0 Å². The van der Waals surface area contributed by atoms with E-state index in [4.69, 9.17) is 0 Å². The summed E-state index contributed by atoms with van der Waals surface area (Å²) in [4.78, 5) is 25.2. The third-order valence-electron chi connectivity index (χ3n) is 3.19. The molecule has 2 heterocycles. The van der Waals surface area contributed by atoms with Crippen molar-refractivity contribution in [2.45, 2.75) is 32.3 Å². The smallest absolute Gasteiger partial charge is 0.222 e. The number of amides is 1. The van der Waals surface area contributed by atoms with Gasteiger partial charge in [-0.3, -0.25) is 4.79 Å². The summed E-state index contributed by atoms with van der Waals surface area (Å²) in [6.45, 7) is 2.29. The van der Waals surface area contributed by atoms with Crippen molar-refractivity contribution in [1.82, 2.24) is 19.9 Å². The maximum Gasteiger partial charge on any atom is 0.222 e. The van der Waals surface area contributed by atoms with Gasteiger partial charge in [-0.05, 0) is 25.5 Å². The van der Waals surface area contributed by atoms with E-state index in [1.165, 1.54) is 0 Å². The van der Waals surface area contributed by atoms with Crippen LogP contribution in [-0.4, -0.2) is 50.6 Å². The normalized spacial score (nSPS) is 12.6. The Kier molecular flexibility index (Phi) is 4.68. The topological polar surface area (TPSA) is 82.1 Å². The fourth-order valence-electron chi connectivity index (χ4n) is 1.93. The molecule has 0 fully saturated rings. The first-order valence-electron chi connectivity index (χ1n) is 6.78. The molecule has 0 radical (unpaired) electrons. The molecule has 0 spiro atoms. The van der Waals surface area contributed by atoms with Crippen molar-refractivity contribution < 1.29 is 9.90 Å². The lowest BCUT2D eigenvalue weighted by molar-refractivity contribution is -0.130. The molecule has 1 unspecified atom stereocenters. The molecule has 108 valence electrons. The van der Waals surface area contributed by atoms with Crippen LogP contribution in [0.15, 0.2) is 18.3 Å². The molecule has 0 aliphatic rings. The van der Waals surface area contributed by atoms with E-state index >= 15 is 0 Å². The Morgan fingerprint density at radius 2 is 2.35 bits per heavy atom. The fourth-order valence-corrected chi connectivity index (χ4v) is 1.93. The van der Waals surface area contributed by atoms with Gasteiger partial charge in [-0.2, -0.15) is 0 Å². The first-order chi connectivity index (χ1) is 9.56. The summed E-state index contributed by atoms with van der Waals surface area (Å²) < 4.78 is 0. The molecule has 0 aliphatic carbocycles. The Morgan fingerprint density at radius 3 is 3.05 bits per heavy atom. The van der Waals surface area contributed by atoms with Crippen molar-refractivity contribution in [2.75, 3.05) is 13.6 Å². The van der Waals surface area contributed by atoms with Crippen molar-refractivity contribution in [3.63, 3.8) is 0 Å². The number of hydrogen-bond donors (Lipinski definition) is 2. The SMILES string of the molecule is CC(O)CCN(C)C(=O)CCc1nc2ncccc2[nH]1. The summed E-state index contributed by atoms with van der Waals surface area (Å²) in [7, 11) is 1.75. The van der Waals surface area contributed by atoms with E-state index < -0.39 is 0 Å². The van der Waals surface area contributed by atoms with E-state index in [1.807, 2.05) is 12.1 Å². The second-order valence-electron chi connectivity index (χ2n) is 5.01. The van der Waals surface area contributed by atoms with Gasteiger partial charge in [0.15, 0.2) is 5.65 Å². The molecule has 1 amide bonds. The Morgan fingerprint density at radius 1 is 1.55 bits per heavy atom. The van der Waals surface area contributed by atoms with E-state index in [-0.39, 0.29) is 12.0 Å². The lowest BCUT2D eigenvalue weighted by atomic mass is 10.2. The molecular formula is C14H20N4O2. The number of H-pyrrole nitrogens is 1. The molecule has 6 heteroatoms. The maximum absolute atomic E-state index is 11.9. The quantitative estimate of drug-likeness (QED) is 0.828. The zero-order chi connectivity index (χ0) is 14.5. The first kappa shape index (κ1) is 14.5. The predicted octanol–water partition coefficient (Wildman–Crippen LogP) is 1.12. The number of nitrogens with zero attached hydrogens (tertiary/aromatic N) is 3. The number of aliphatic hydroxyl groups is 1. The van der Waals surface area contributed by atoms with Gasteiger partial charge in [-0.25, -0.2) is 9.97 Å². The highest BCUT2D eigenvalue weighted by Crippen LogP contribution is 2.09. The van der Waals surface area contributed by atoms with Gasteiger partial charge in [0.05, 0.1) is 11.6 Å². The number of carbonyl (C=O) groups is 1. The monoisotopic (exact) mass is 276 g/mol. The molecule has 2 rings (SSSR count). The number of carbonyl (C=O) groups excluding carboxylic acids is 1. The highest BCUT2D eigenvalue weighted by atomic mass is 16.3. The van der Waals surface area contributed by atoms with Gasteiger partial charge in [0, 0.05) is 32.6 Å².